The van der Waals surface area contributed by atoms with E-state index >= 15 is 0 Å². The molecular formula is C34H47NO2S. The highest BCUT2D eigenvalue weighted by molar-refractivity contribution is 7.80. The minimum absolute atomic E-state index is 0.00201. The molecule has 3 aromatic rings. The van der Waals surface area contributed by atoms with Crippen LogP contribution in [0.4, 0.5) is 5.69 Å². The number of aryl methyl sites for hydroxylation is 1. The number of hydrogen-bond donors (Lipinski definition) is 2. The summed E-state index contributed by atoms with van der Waals surface area (Å²) < 4.78 is 6.02. The second kappa shape index (κ2) is 12.8. The van der Waals surface area contributed by atoms with Crippen molar-refractivity contribution >= 4 is 23.1 Å². The van der Waals surface area contributed by atoms with E-state index < -0.39 is 0 Å². The summed E-state index contributed by atoms with van der Waals surface area (Å²) in [6.07, 6.45) is 1.82. The van der Waals surface area contributed by atoms with E-state index in [9.17, 15) is 5.11 Å². The summed E-state index contributed by atoms with van der Waals surface area (Å²) in [5.41, 5.74) is 5.57. The lowest BCUT2D eigenvalue weighted by molar-refractivity contribution is 0.388. The van der Waals surface area contributed by atoms with E-state index in [1.807, 2.05) is 48.5 Å². The number of phenolic OH excluding ortho intramolecular Hbond substituents is 1. The van der Waals surface area contributed by atoms with Crippen LogP contribution in [0.25, 0.3) is 0 Å². The maximum absolute atomic E-state index is 10.3. The predicted molar refractivity (Wildman–Crippen MR) is 168 cm³/mol. The quantitative estimate of drug-likeness (QED) is 0.328. The molecule has 0 aliphatic heterocycles. The molecule has 0 saturated heterocycles. The average molecular weight is 534 g/mol. The molecule has 0 aliphatic rings. The first-order chi connectivity index (χ1) is 17.5. The number of anilines is 1. The number of rotatable bonds is 4. The van der Waals surface area contributed by atoms with Crippen LogP contribution >= 0.6 is 12.2 Å². The maximum atomic E-state index is 10.3. The van der Waals surface area contributed by atoms with Gasteiger partial charge >= 0.3 is 0 Å². The summed E-state index contributed by atoms with van der Waals surface area (Å²) in [5, 5.41) is 13.8. The van der Waals surface area contributed by atoms with Crippen molar-refractivity contribution in [2.75, 3.05) is 5.32 Å². The zero-order valence-corrected chi connectivity index (χ0v) is 25.8. The Bertz CT molecular complexity index is 1200. The van der Waals surface area contributed by atoms with Crippen LogP contribution in [0.5, 0.6) is 11.5 Å². The predicted octanol–water partition coefficient (Wildman–Crippen LogP) is 9.60. The van der Waals surface area contributed by atoms with Gasteiger partial charge in [-0.1, -0.05) is 124 Å². The highest BCUT2D eigenvalue weighted by Gasteiger charge is 2.23. The molecule has 4 heteroatoms. The van der Waals surface area contributed by atoms with Gasteiger partial charge in [0.15, 0.2) is 0 Å². The lowest BCUT2D eigenvalue weighted by Gasteiger charge is -2.24. The first kappa shape index (κ1) is 31.4. The first-order valence-electron chi connectivity index (χ1n) is 13.5. The maximum Gasteiger partial charge on any atom is 0.266 e. The number of nitrogens with one attached hydrogen (secondary N) is 1. The molecule has 0 heterocycles. The minimum Gasteiger partial charge on any atom is -0.507 e. The van der Waals surface area contributed by atoms with Gasteiger partial charge in [0, 0.05) is 11.3 Å². The van der Waals surface area contributed by atoms with Gasteiger partial charge in [0.25, 0.3) is 5.17 Å². The van der Waals surface area contributed by atoms with Crippen molar-refractivity contribution < 1.29 is 9.84 Å². The third-order valence-corrected chi connectivity index (χ3v) is 6.33. The van der Waals surface area contributed by atoms with E-state index in [4.69, 9.17) is 17.0 Å². The Balaban J connectivity index is 0.000000281. The third-order valence-electron chi connectivity index (χ3n) is 6.15. The van der Waals surface area contributed by atoms with Gasteiger partial charge < -0.3 is 15.2 Å². The Labute approximate surface area is 236 Å². The molecule has 0 bridgehead atoms. The molecule has 0 aromatic heterocycles. The highest BCUT2D eigenvalue weighted by atomic mass is 32.1. The lowest BCUT2D eigenvalue weighted by Crippen LogP contribution is -2.21. The van der Waals surface area contributed by atoms with Crippen molar-refractivity contribution in [3.8, 4) is 11.5 Å². The molecular weight excluding hydrogens is 486 g/mol. The van der Waals surface area contributed by atoms with Gasteiger partial charge in [-0.15, -0.1) is 0 Å². The van der Waals surface area contributed by atoms with Crippen LogP contribution in [0.15, 0.2) is 66.7 Å². The number of para-hydroxylation sites is 3. The minimum atomic E-state index is -0.00201. The van der Waals surface area contributed by atoms with Crippen molar-refractivity contribution in [1.82, 2.24) is 0 Å². The van der Waals surface area contributed by atoms with Crippen molar-refractivity contribution in [1.29, 1.82) is 0 Å². The molecule has 2 N–H and O–H groups in total. The molecule has 0 unspecified atom stereocenters. The van der Waals surface area contributed by atoms with Crippen LogP contribution in [-0.4, -0.2) is 10.3 Å². The van der Waals surface area contributed by atoms with E-state index in [1.165, 1.54) is 11.1 Å². The molecule has 0 radical (unpaired) electrons. The first-order valence-corrected chi connectivity index (χ1v) is 13.9. The Morgan fingerprint density at radius 2 is 1.26 bits per heavy atom. The van der Waals surface area contributed by atoms with Gasteiger partial charge in [0.05, 0.1) is 0 Å². The van der Waals surface area contributed by atoms with E-state index in [2.05, 4.69) is 92.8 Å². The third kappa shape index (κ3) is 9.47. The van der Waals surface area contributed by atoms with Crippen LogP contribution in [-0.2, 0) is 23.7 Å². The Morgan fingerprint density at radius 1 is 0.737 bits per heavy atom. The molecule has 3 aromatic carbocycles. The standard InChI is InChI=1S/C19H23NOS.C15H24O/c1-5-14-10-9-13-16(19(2,3)4)17(14)21-18(22)20-15-11-7-6-8-12-15;1-14(2,3)10-11-8-7-9-12(13(11)16)15(4,5)6/h6-13H,5H2,1-4H3,(H,20,22);7-9,16H,10H2,1-6H3. The molecule has 0 fully saturated rings. The second-order valence-electron chi connectivity index (χ2n) is 13.1. The highest BCUT2D eigenvalue weighted by Crippen LogP contribution is 2.36. The fourth-order valence-corrected chi connectivity index (χ4v) is 4.44. The number of aromatic hydroxyl groups is 1. The Kier molecular flexibility index (Phi) is 10.6. The molecule has 0 atom stereocenters. The van der Waals surface area contributed by atoms with Crippen molar-refractivity contribution in [2.24, 2.45) is 5.41 Å². The van der Waals surface area contributed by atoms with Crippen LogP contribution in [0, 0.1) is 5.41 Å². The smallest absolute Gasteiger partial charge is 0.266 e. The molecule has 0 amide bonds. The van der Waals surface area contributed by atoms with E-state index in [1.54, 1.807) is 0 Å². The van der Waals surface area contributed by atoms with Crippen LogP contribution in [0.1, 0.15) is 91.5 Å². The van der Waals surface area contributed by atoms with E-state index in [0.717, 1.165) is 35.4 Å². The van der Waals surface area contributed by atoms with Crippen LogP contribution in [0.3, 0.4) is 0 Å². The monoisotopic (exact) mass is 533 g/mol. The SMILES string of the molecule is CC(C)(C)Cc1cccc(C(C)(C)C)c1O.CCc1cccc(C(C)(C)C)c1OC(=S)Nc1ccccc1. The number of phenols is 1. The average Bonchev–Trinajstić information content (AvgIpc) is 2.79. The molecule has 0 saturated carbocycles. The Morgan fingerprint density at radius 3 is 1.76 bits per heavy atom. The van der Waals surface area contributed by atoms with Crippen LogP contribution < -0.4 is 10.1 Å². The van der Waals surface area contributed by atoms with Crippen molar-refractivity contribution in [3.05, 3.63) is 89.0 Å². The molecule has 0 spiro atoms. The van der Waals surface area contributed by atoms with E-state index in [0.29, 0.717) is 10.9 Å². The summed E-state index contributed by atoms with van der Waals surface area (Å²) in [7, 11) is 0. The van der Waals surface area contributed by atoms with Gasteiger partial charge in [0.2, 0.25) is 0 Å². The van der Waals surface area contributed by atoms with Gasteiger partial charge in [-0.2, -0.15) is 0 Å². The van der Waals surface area contributed by atoms with Gasteiger partial charge in [-0.3, -0.25) is 0 Å². The summed E-state index contributed by atoms with van der Waals surface area (Å²) in [4.78, 5) is 0. The summed E-state index contributed by atoms with van der Waals surface area (Å²) >= 11 is 5.37. The second-order valence-corrected chi connectivity index (χ2v) is 13.4. The van der Waals surface area contributed by atoms with Gasteiger partial charge in [0.1, 0.15) is 11.5 Å². The van der Waals surface area contributed by atoms with E-state index in [-0.39, 0.29) is 16.2 Å². The number of ether oxygens (including phenoxy) is 1. The fourth-order valence-electron chi connectivity index (χ4n) is 4.24. The summed E-state index contributed by atoms with van der Waals surface area (Å²) in [6.45, 7) is 21.6. The molecule has 38 heavy (non-hydrogen) atoms. The Hall–Kier alpha value is -2.85. The number of hydrogen-bond acceptors (Lipinski definition) is 3. The van der Waals surface area contributed by atoms with Crippen molar-refractivity contribution in [3.63, 3.8) is 0 Å². The lowest BCUT2D eigenvalue weighted by atomic mass is 9.82. The number of thiocarbonyl (C=S) groups is 1. The largest absolute Gasteiger partial charge is 0.507 e. The van der Waals surface area contributed by atoms with Crippen molar-refractivity contribution in [2.45, 2.75) is 92.9 Å². The topological polar surface area (TPSA) is 41.5 Å². The van der Waals surface area contributed by atoms with Gasteiger partial charge in [-0.05, 0) is 70.1 Å². The number of benzene rings is 3. The summed E-state index contributed by atoms with van der Waals surface area (Å²) in [6, 6.07) is 22.2. The molecule has 0 aliphatic carbocycles. The molecule has 3 rings (SSSR count). The summed E-state index contributed by atoms with van der Waals surface area (Å²) in [5.74, 6) is 1.36. The van der Waals surface area contributed by atoms with Gasteiger partial charge in [-0.25, -0.2) is 0 Å². The normalized spacial score (nSPS) is 11.8. The molecule has 206 valence electrons. The molecule has 3 nitrogen and oxygen atoms in total. The zero-order valence-electron chi connectivity index (χ0n) is 25.0. The zero-order chi connectivity index (χ0) is 28.7. The van der Waals surface area contributed by atoms with Crippen LogP contribution in [0.2, 0.25) is 0 Å². The fraction of sp³-hybridized carbons (Fsp3) is 0.441.